The van der Waals surface area contributed by atoms with Gasteiger partial charge in [-0.15, -0.1) is 0 Å². The number of hydrazine groups is 1. The summed E-state index contributed by atoms with van der Waals surface area (Å²) in [5.41, 5.74) is 7.04. The van der Waals surface area contributed by atoms with Crippen molar-refractivity contribution in [2.45, 2.75) is 46.1 Å². The Labute approximate surface area is 194 Å². The van der Waals surface area contributed by atoms with Gasteiger partial charge in [-0.3, -0.25) is 5.01 Å². The van der Waals surface area contributed by atoms with Crippen molar-refractivity contribution < 1.29 is 14.3 Å². The third-order valence-corrected chi connectivity index (χ3v) is 6.02. The van der Waals surface area contributed by atoms with Gasteiger partial charge in [0.1, 0.15) is 18.1 Å². The molecule has 1 fully saturated rings. The van der Waals surface area contributed by atoms with Crippen LogP contribution < -0.4 is 20.6 Å². The molecule has 0 atom stereocenters. The Hall–Kier alpha value is -3.52. The summed E-state index contributed by atoms with van der Waals surface area (Å²) >= 11 is 0. The smallest absolute Gasteiger partial charge is 0.335 e. The van der Waals surface area contributed by atoms with Gasteiger partial charge in [-0.1, -0.05) is 6.07 Å². The standard InChI is InChI=1S/C25H31N5O3/c1-15-13-19(30-17(3)24(16(2)28-30)18-9-10-18)11-12-22(15)33-14-20-21(27-25(31)29(4)26)7-6-8-23(20)32-5/h6-8,11-13,18H,9-10,14,26H2,1-5H3,(H,27,31). The summed E-state index contributed by atoms with van der Waals surface area (Å²) in [6.07, 6.45) is 2.51. The topological polar surface area (TPSA) is 94.6 Å². The molecule has 0 bridgehead atoms. The first-order chi connectivity index (χ1) is 15.8. The minimum atomic E-state index is -0.430. The summed E-state index contributed by atoms with van der Waals surface area (Å²) in [6, 6.07) is 11.1. The molecule has 2 amide bonds. The van der Waals surface area contributed by atoms with Crippen LogP contribution in [0.4, 0.5) is 10.5 Å². The maximum Gasteiger partial charge on any atom is 0.335 e. The van der Waals surface area contributed by atoms with Crippen molar-refractivity contribution in [3.05, 3.63) is 64.5 Å². The van der Waals surface area contributed by atoms with E-state index in [1.54, 1.807) is 19.2 Å². The van der Waals surface area contributed by atoms with Gasteiger partial charge in [-0.05, 0) is 81.0 Å². The number of carbonyl (C=O) groups excluding carboxylic acids is 1. The van der Waals surface area contributed by atoms with E-state index in [-0.39, 0.29) is 6.61 Å². The number of aryl methyl sites for hydroxylation is 2. The number of benzene rings is 2. The molecule has 174 valence electrons. The second-order valence-corrected chi connectivity index (χ2v) is 8.54. The van der Waals surface area contributed by atoms with E-state index in [2.05, 4.69) is 25.2 Å². The number of urea groups is 1. The molecule has 0 spiro atoms. The number of rotatable bonds is 7. The predicted molar refractivity (Wildman–Crippen MR) is 128 cm³/mol. The number of hydrogen-bond acceptors (Lipinski definition) is 5. The Morgan fingerprint density at radius 1 is 1.21 bits per heavy atom. The average molecular weight is 450 g/mol. The number of nitrogens with zero attached hydrogens (tertiary/aromatic N) is 3. The number of methoxy groups -OCH3 is 1. The number of anilines is 1. The lowest BCUT2D eigenvalue weighted by atomic mass is 10.1. The van der Waals surface area contributed by atoms with Crippen LogP contribution in [-0.2, 0) is 6.61 Å². The zero-order valence-corrected chi connectivity index (χ0v) is 19.8. The highest BCUT2D eigenvalue weighted by Gasteiger charge is 2.30. The van der Waals surface area contributed by atoms with Crippen LogP contribution in [0.15, 0.2) is 36.4 Å². The van der Waals surface area contributed by atoms with E-state index in [4.69, 9.17) is 20.4 Å². The van der Waals surface area contributed by atoms with Crippen LogP contribution in [0.1, 0.15) is 46.8 Å². The molecule has 2 aromatic carbocycles. The van der Waals surface area contributed by atoms with Gasteiger partial charge in [0.15, 0.2) is 0 Å². The highest BCUT2D eigenvalue weighted by molar-refractivity contribution is 5.90. The highest BCUT2D eigenvalue weighted by atomic mass is 16.5. The normalized spacial score (nSPS) is 13.0. The maximum atomic E-state index is 12.1. The zero-order chi connectivity index (χ0) is 23.7. The Bertz CT molecular complexity index is 1180. The molecule has 8 heteroatoms. The number of ether oxygens (including phenoxy) is 2. The molecule has 0 unspecified atom stereocenters. The fourth-order valence-corrected chi connectivity index (χ4v) is 4.17. The molecular weight excluding hydrogens is 418 g/mol. The van der Waals surface area contributed by atoms with Crippen molar-refractivity contribution in [3.63, 3.8) is 0 Å². The van der Waals surface area contributed by atoms with Crippen LogP contribution in [0.25, 0.3) is 5.69 Å². The van der Waals surface area contributed by atoms with Crippen molar-refractivity contribution in [2.24, 2.45) is 5.84 Å². The van der Waals surface area contributed by atoms with Crippen molar-refractivity contribution >= 4 is 11.7 Å². The average Bonchev–Trinajstić information content (AvgIpc) is 3.57. The van der Waals surface area contributed by atoms with E-state index in [1.165, 1.54) is 31.1 Å². The number of carbonyl (C=O) groups is 1. The van der Waals surface area contributed by atoms with E-state index in [1.807, 2.05) is 29.8 Å². The van der Waals surface area contributed by atoms with Gasteiger partial charge in [0.05, 0.1) is 29.7 Å². The van der Waals surface area contributed by atoms with Crippen LogP contribution in [-0.4, -0.2) is 35.0 Å². The molecule has 3 N–H and O–H groups in total. The summed E-state index contributed by atoms with van der Waals surface area (Å²) in [4.78, 5) is 12.1. The lowest BCUT2D eigenvalue weighted by Gasteiger charge is -2.18. The van der Waals surface area contributed by atoms with Gasteiger partial charge in [0.2, 0.25) is 0 Å². The summed E-state index contributed by atoms with van der Waals surface area (Å²) in [5, 5.41) is 8.56. The van der Waals surface area contributed by atoms with Crippen LogP contribution in [0.2, 0.25) is 0 Å². The largest absolute Gasteiger partial charge is 0.496 e. The second kappa shape index (κ2) is 9.15. The molecule has 0 saturated heterocycles. The van der Waals surface area contributed by atoms with Crippen LogP contribution in [0, 0.1) is 20.8 Å². The Morgan fingerprint density at radius 3 is 2.61 bits per heavy atom. The third-order valence-electron chi connectivity index (χ3n) is 6.02. The lowest BCUT2D eigenvalue weighted by Crippen LogP contribution is -2.37. The molecule has 4 rings (SSSR count). The van der Waals surface area contributed by atoms with Crippen LogP contribution >= 0.6 is 0 Å². The quantitative estimate of drug-likeness (QED) is 0.312. The SMILES string of the molecule is COc1cccc(NC(=O)N(C)N)c1COc1ccc(-n2nc(C)c(C3CC3)c2C)cc1C. The van der Waals surface area contributed by atoms with Gasteiger partial charge in [-0.25, -0.2) is 15.3 Å². The van der Waals surface area contributed by atoms with Crippen molar-refractivity contribution in [1.82, 2.24) is 14.8 Å². The van der Waals surface area contributed by atoms with Crippen LogP contribution in [0.3, 0.4) is 0 Å². The summed E-state index contributed by atoms with van der Waals surface area (Å²) in [7, 11) is 3.07. The molecule has 1 aromatic heterocycles. The predicted octanol–water partition coefficient (Wildman–Crippen LogP) is 4.60. The first-order valence-corrected chi connectivity index (χ1v) is 11.0. The summed E-state index contributed by atoms with van der Waals surface area (Å²) in [6.45, 7) is 6.47. The van der Waals surface area contributed by atoms with E-state index in [0.29, 0.717) is 17.4 Å². The monoisotopic (exact) mass is 449 g/mol. The first-order valence-electron chi connectivity index (χ1n) is 11.0. The second-order valence-electron chi connectivity index (χ2n) is 8.54. The van der Waals surface area contributed by atoms with Crippen molar-refractivity contribution in [2.75, 3.05) is 19.5 Å². The van der Waals surface area contributed by atoms with Crippen LogP contribution in [0.5, 0.6) is 11.5 Å². The number of aromatic nitrogens is 2. The van der Waals surface area contributed by atoms with Gasteiger partial charge in [0.25, 0.3) is 0 Å². The summed E-state index contributed by atoms with van der Waals surface area (Å²) in [5.74, 6) is 7.58. The third kappa shape index (κ3) is 4.66. The fraction of sp³-hybridized carbons (Fsp3) is 0.360. The fourth-order valence-electron chi connectivity index (χ4n) is 4.17. The molecule has 0 aliphatic heterocycles. The van der Waals surface area contributed by atoms with E-state index in [0.717, 1.165) is 33.3 Å². The summed E-state index contributed by atoms with van der Waals surface area (Å²) < 4.78 is 13.7. The molecule has 1 aliphatic carbocycles. The molecular formula is C25H31N5O3. The highest BCUT2D eigenvalue weighted by Crippen LogP contribution is 2.43. The van der Waals surface area contributed by atoms with Gasteiger partial charge in [0, 0.05) is 12.7 Å². The minimum Gasteiger partial charge on any atom is -0.496 e. The molecule has 3 aromatic rings. The van der Waals surface area contributed by atoms with E-state index in [9.17, 15) is 4.79 Å². The molecule has 8 nitrogen and oxygen atoms in total. The maximum absolute atomic E-state index is 12.1. The number of nitrogens with two attached hydrogens (primary N) is 1. The minimum absolute atomic E-state index is 0.222. The van der Waals surface area contributed by atoms with Crippen molar-refractivity contribution in [3.8, 4) is 17.2 Å². The van der Waals surface area contributed by atoms with E-state index < -0.39 is 6.03 Å². The Kier molecular flexibility index (Phi) is 6.29. The number of hydrogen-bond donors (Lipinski definition) is 2. The molecule has 33 heavy (non-hydrogen) atoms. The van der Waals surface area contributed by atoms with Gasteiger partial charge >= 0.3 is 6.03 Å². The molecule has 1 aliphatic rings. The first kappa shape index (κ1) is 22.7. The number of amides is 2. The molecule has 1 heterocycles. The molecule has 1 saturated carbocycles. The van der Waals surface area contributed by atoms with Gasteiger partial charge in [-0.2, -0.15) is 5.10 Å². The van der Waals surface area contributed by atoms with Gasteiger partial charge < -0.3 is 14.8 Å². The number of nitrogens with one attached hydrogen (secondary N) is 1. The Morgan fingerprint density at radius 2 is 1.97 bits per heavy atom. The zero-order valence-electron chi connectivity index (χ0n) is 19.8. The Balaban J connectivity index is 1.56. The lowest BCUT2D eigenvalue weighted by molar-refractivity contribution is 0.223. The van der Waals surface area contributed by atoms with E-state index >= 15 is 0 Å². The van der Waals surface area contributed by atoms with Crippen molar-refractivity contribution in [1.29, 1.82) is 0 Å². The molecule has 0 radical (unpaired) electrons.